The molecule has 0 amide bonds. The second-order valence-corrected chi connectivity index (χ2v) is 8.50. The zero-order valence-electron chi connectivity index (χ0n) is 17.8. The van der Waals surface area contributed by atoms with E-state index in [1.54, 1.807) is 0 Å². The summed E-state index contributed by atoms with van der Waals surface area (Å²) in [7, 11) is 0. The Balaban J connectivity index is 1.41. The van der Waals surface area contributed by atoms with Gasteiger partial charge in [-0.2, -0.15) is 5.26 Å². The average molecular weight is 435 g/mol. The summed E-state index contributed by atoms with van der Waals surface area (Å²) >= 11 is 6.38. The highest BCUT2D eigenvalue weighted by molar-refractivity contribution is 6.31. The van der Waals surface area contributed by atoms with Gasteiger partial charge in [-0.15, -0.1) is 0 Å². The third-order valence-electron chi connectivity index (χ3n) is 6.23. The van der Waals surface area contributed by atoms with Crippen LogP contribution in [0, 0.1) is 11.3 Å². The first kappa shape index (κ1) is 21.6. The molecule has 0 aliphatic carbocycles. The lowest BCUT2D eigenvalue weighted by molar-refractivity contribution is 0.0789. The predicted octanol–water partition coefficient (Wildman–Crippen LogP) is 4.77. The topological polar surface area (TPSA) is 52.3 Å². The van der Waals surface area contributed by atoms with Crippen molar-refractivity contribution in [3.8, 4) is 6.07 Å². The SMILES string of the molecule is CC(c1ccccc1Cl)N1CCN(CC(=O)c2cn(CCC#N)c3ccccc23)CC1. The minimum Gasteiger partial charge on any atom is -0.346 e. The van der Waals surface area contributed by atoms with Crippen LogP contribution in [-0.4, -0.2) is 52.9 Å². The minimum absolute atomic E-state index is 0.138. The van der Waals surface area contributed by atoms with Gasteiger partial charge in [0.25, 0.3) is 0 Å². The van der Waals surface area contributed by atoms with Crippen LogP contribution in [0.3, 0.4) is 0 Å². The van der Waals surface area contributed by atoms with Gasteiger partial charge in [0.15, 0.2) is 5.78 Å². The summed E-state index contributed by atoms with van der Waals surface area (Å²) in [4.78, 5) is 17.8. The lowest BCUT2D eigenvalue weighted by Crippen LogP contribution is -2.48. The number of rotatable bonds is 7. The Morgan fingerprint density at radius 2 is 1.81 bits per heavy atom. The molecule has 1 aromatic heterocycles. The number of nitrogens with zero attached hydrogens (tertiary/aromatic N) is 4. The van der Waals surface area contributed by atoms with Crippen LogP contribution < -0.4 is 0 Å². The summed E-state index contributed by atoms with van der Waals surface area (Å²) in [6.07, 6.45) is 2.35. The van der Waals surface area contributed by atoms with Gasteiger partial charge in [-0.25, -0.2) is 0 Å². The van der Waals surface area contributed by atoms with Crippen molar-refractivity contribution in [3.05, 3.63) is 70.9 Å². The number of ketones is 1. The molecule has 4 rings (SSSR count). The Morgan fingerprint density at radius 1 is 1.10 bits per heavy atom. The number of benzene rings is 2. The monoisotopic (exact) mass is 434 g/mol. The van der Waals surface area contributed by atoms with Crippen LogP contribution in [-0.2, 0) is 6.54 Å². The fraction of sp³-hybridized carbons (Fsp3) is 0.360. The molecule has 1 atom stereocenters. The maximum absolute atomic E-state index is 13.1. The molecule has 6 heteroatoms. The molecule has 2 heterocycles. The van der Waals surface area contributed by atoms with Crippen molar-refractivity contribution in [2.45, 2.75) is 25.9 Å². The molecule has 5 nitrogen and oxygen atoms in total. The van der Waals surface area contributed by atoms with E-state index < -0.39 is 0 Å². The zero-order chi connectivity index (χ0) is 21.8. The lowest BCUT2D eigenvalue weighted by Gasteiger charge is -2.38. The average Bonchev–Trinajstić information content (AvgIpc) is 3.17. The highest BCUT2D eigenvalue weighted by Gasteiger charge is 2.25. The van der Waals surface area contributed by atoms with Gasteiger partial charge in [-0.3, -0.25) is 14.6 Å². The van der Waals surface area contributed by atoms with Gasteiger partial charge < -0.3 is 4.57 Å². The van der Waals surface area contributed by atoms with E-state index in [-0.39, 0.29) is 11.8 Å². The molecular weight excluding hydrogens is 408 g/mol. The second kappa shape index (κ2) is 9.65. The Morgan fingerprint density at radius 3 is 2.55 bits per heavy atom. The molecule has 1 saturated heterocycles. The number of fused-ring (bicyclic) bond motifs is 1. The fourth-order valence-electron chi connectivity index (χ4n) is 4.43. The summed E-state index contributed by atoms with van der Waals surface area (Å²) in [5.41, 5.74) is 2.92. The first-order chi connectivity index (χ1) is 15.1. The maximum Gasteiger partial charge on any atom is 0.178 e. The van der Waals surface area contributed by atoms with Gasteiger partial charge in [-0.1, -0.05) is 48.0 Å². The number of aryl methyl sites for hydroxylation is 1. The van der Waals surface area contributed by atoms with Gasteiger partial charge in [0.2, 0.25) is 0 Å². The first-order valence-corrected chi connectivity index (χ1v) is 11.1. The molecule has 2 aromatic carbocycles. The maximum atomic E-state index is 13.1. The third kappa shape index (κ3) is 4.67. The van der Waals surface area contributed by atoms with Crippen LogP contribution in [0.5, 0.6) is 0 Å². The molecule has 0 spiro atoms. The summed E-state index contributed by atoms with van der Waals surface area (Å²) in [6.45, 7) is 6.73. The molecule has 31 heavy (non-hydrogen) atoms. The van der Waals surface area contributed by atoms with Crippen molar-refractivity contribution in [2.75, 3.05) is 32.7 Å². The number of aromatic nitrogens is 1. The van der Waals surface area contributed by atoms with E-state index in [1.165, 1.54) is 0 Å². The van der Waals surface area contributed by atoms with Crippen LogP contribution in [0.4, 0.5) is 0 Å². The largest absolute Gasteiger partial charge is 0.346 e. The Labute approximate surface area is 188 Å². The van der Waals surface area contributed by atoms with Gasteiger partial charge in [0.1, 0.15) is 0 Å². The molecule has 3 aromatic rings. The number of carbonyl (C=O) groups is 1. The molecule has 160 valence electrons. The van der Waals surface area contributed by atoms with Crippen molar-refractivity contribution in [1.82, 2.24) is 14.4 Å². The Hall–Kier alpha value is -2.65. The van der Waals surface area contributed by atoms with Crippen molar-refractivity contribution in [2.24, 2.45) is 0 Å². The predicted molar refractivity (Wildman–Crippen MR) is 124 cm³/mol. The molecule has 0 bridgehead atoms. The van der Waals surface area contributed by atoms with Crippen LogP contribution >= 0.6 is 11.6 Å². The number of nitriles is 1. The van der Waals surface area contributed by atoms with Crippen LogP contribution in [0.25, 0.3) is 10.9 Å². The number of piperazine rings is 1. The van der Waals surface area contributed by atoms with Crippen molar-refractivity contribution in [3.63, 3.8) is 0 Å². The summed E-state index contributed by atoms with van der Waals surface area (Å²) in [5, 5.41) is 10.7. The zero-order valence-corrected chi connectivity index (χ0v) is 18.6. The van der Waals surface area contributed by atoms with Crippen molar-refractivity contribution in [1.29, 1.82) is 5.26 Å². The molecule has 1 aliphatic rings. The minimum atomic E-state index is 0.138. The van der Waals surface area contributed by atoms with Crippen LogP contribution in [0.2, 0.25) is 5.02 Å². The third-order valence-corrected chi connectivity index (χ3v) is 6.57. The van der Waals surface area contributed by atoms with Crippen molar-refractivity contribution >= 4 is 28.3 Å². The Bertz CT molecular complexity index is 1110. The molecular formula is C25H27ClN4O. The number of hydrogen-bond acceptors (Lipinski definition) is 4. The van der Waals surface area contributed by atoms with Gasteiger partial charge in [0, 0.05) is 66.5 Å². The van der Waals surface area contributed by atoms with E-state index in [0.29, 0.717) is 19.5 Å². The highest BCUT2D eigenvalue weighted by Crippen LogP contribution is 2.28. The number of hydrogen-bond donors (Lipinski definition) is 0. The van der Waals surface area contributed by atoms with Gasteiger partial charge >= 0.3 is 0 Å². The summed E-state index contributed by atoms with van der Waals surface area (Å²) < 4.78 is 2.02. The van der Waals surface area contributed by atoms with Gasteiger partial charge in [-0.05, 0) is 24.6 Å². The van der Waals surface area contributed by atoms with Crippen LogP contribution in [0.15, 0.2) is 54.7 Å². The highest BCUT2D eigenvalue weighted by atomic mass is 35.5. The van der Waals surface area contributed by atoms with Gasteiger partial charge in [0.05, 0.1) is 19.0 Å². The van der Waals surface area contributed by atoms with E-state index in [1.807, 2.05) is 53.2 Å². The van der Waals surface area contributed by atoms with E-state index in [4.69, 9.17) is 16.9 Å². The van der Waals surface area contributed by atoms with Crippen molar-refractivity contribution < 1.29 is 4.79 Å². The molecule has 0 saturated carbocycles. The first-order valence-electron chi connectivity index (χ1n) is 10.8. The van der Waals surface area contributed by atoms with Crippen LogP contribution in [0.1, 0.15) is 35.3 Å². The van der Waals surface area contributed by atoms with E-state index in [9.17, 15) is 4.79 Å². The second-order valence-electron chi connectivity index (χ2n) is 8.09. The Kier molecular flexibility index (Phi) is 6.72. The number of halogens is 1. The smallest absolute Gasteiger partial charge is 0.178 e. The van der Waals surface area contributed by atoms with E-state index in [2.05, 4.69) is 28.9 Å². The summed E-state index contributed by atoms with van der Waals surface area (Å²) in [5.74, 6) is 0.138. The lowest BCUT2D eigenvalue weighted by atomic mass is 10.1. The normalized spacial score (nSPS) is 16.3. The molecule has 1 fully saturated rings. The van der Waals surface area contributed by atoms with E-state index in [0.717, 1.165) is 53.2 Å². The standard InChI is InChI=1S/C25H27ClN4O/c1-19(20-7-2-4-9-23(20)26)29-15-13-28(14-16-29)18-25(31)22-17-30(12-6-11-27)24-10-5-3-8-21(22)24/h2-5,7-10,17,19H,6,12-16,18H2,1H3. The number of para-hydroxylation sites is 1. The fourth-order valence-corrected chi connectivity index (χ4v) is 4.73. The quantitative estimate of drug-likeness (QED) is 0.502. The molecule has 0 radical (unpaired) electrons. The molecule has 1 unspecified atom stereocenters. The molecule has 0 N–H and O–H groups in total. The molecule has 1 aliphatic heterocycles. The van der Waals surface area contributed by atoms with E-state index >= 15 is 0 Å². The number of Topliss-reactive ketones (excluding diaryl/α,β-unsaturated/α-hetero) is 1. The summed E-state index contributed by atoms with van der Waals surface area (Å²) in [6, 6.07) is 18.4. The number of carbonyl (C=O) groups excluding carboxylic acids is 1.